The van der Waals surface area contributed by atoms with Crippen molar-refractivity contribution < 1.29 is 19.4 Å². The molecule has 3 aromatic rings. The molecule has 172 valence electrons. The summed E-state index contributed by atoms with van der Waals surface area (Å²) in [6.07, 6.45) is 2.65. The molecule has 1 aliphatic rings. The molecule has 33 heavy (non-hydrogen) atoms. The topological polar surface area (TPSA) is 71.8 Å². The molecule has 0 spiro atoms. The lowest BCUT2D eigenvalue weighted by Crippen LogP contribution is -2.30. The number of ketones is 1. The van der Waals surface area contributed by atoms with Crippen LogP contribution in [-0.4, -0.2) is 39.4 Å². The quantitative estimate of drug-likeness (QED) is 0.313. The van der Waals surface area contributed by atoms with Crippen molar-refractivity contribution in [1.29, 1.82) is 0 Å². The van der Waals surface area contributed by atoms with Gasteiger partial charge < -0.3 is 19.3 Å². The molecule has 2 aromatic carbocycles. The number of carbonyl (C=O) groups excluding carboxylic acids is 2. The number of fused-ring (bicyclic) bond motifs is 1. The van der Waals surface area contributed by atoms with Crippen LogP contribution >= 0.6 is 0 Å². The summed E-state index contributed by atoms with van der Waals surface area (Å²) in [6, 6.07) is 14.3. The van der Waals surface area contributed by atoms with Gasteiger partial charge in [0.05, 0.1) is 18.2 Å². The highest BCUT2D eigenvalue weighted by Crippen LogP contribution is 2.42. The zero-order chi connectivity index (χ0) is 23.7. The average Bonchev–Trinajstić information content (AvgIpc) is 3.26. The van der Waals surface area contributed by atoms with Crippen LogP contribution in [0.4, 0.5) is 0 Å². The largest absolute Gasteiger partial charge is 0.507 e. The first-order valence-electron chi connectivity index (χ1n) is 11.4. The summed E-state index contributed by atoms with van der Waals surface area (Å²) in [5.74, 6) is -0.457. The fourth-order valence-electron chi connectivity index (χ4n) is 4.42. The molecule has 0 radical (unpaired) electrons. The van der Waals surface area contributed by atoms with E-state index < -0.39 is 17.7 Å². The van der Waals surface area contributed by atoms with Crippen LogP contribution < -0.4 is 4.74 Å². The van der Waals surface area contributed by atoms with Gasteiger partial charge in [0.2, 0.25) is 0 Å². The van der Waals surface area contributed by atoms with E-state index in [0.29, 0.717) is 36.8 Å². The van der Waals surface area contributed by atoms with Crippen molar-refractivity contribution in [2.24, 2.45) is 13.0 Å². The second kappa shape index (κ2) is 9.14. The van der Waals surface area contributed by atoms with Gasteiger partial charge >= 0.3 is 0 Å². The van der Waals surface area contributed by atoms with Crippen LogP contribution in [0, 0.1) is 5.92 Å². The van der Waals surface area contributed by atoms with Crippen LogP contribution in [0.15, 0.2) is 60.3 Å². The van der Waals surface area contributed by atoms with Gasteiger partial charge in [-0.25, -0.2) is 0 Å². The number of aliphatic hydroxyl groups is 1. The van der Waals surface area contributed by atoms with Gasteiger partial charge in [-0.2, -0.15) is 0 Å². The minimum Gasteiger partial charge on any atom is -0.507 e. The molecule has 1 saturated heterocycles. The predicted octanol–water partition coefficient (Wildman–Crippen LogP) is 5.04. The number of likely N-dealkylation sites (tertiary alicyclic amines) is 1. The van der Waals surface area contributed by atoms with Crippen LogP contribution in [0.2, 0.25) is 0 Å². The molecule has 1 unspecified atom stereocenters. The van der Waals surface area contributed by atoms with E-state index in [1.54, 1.807) is 23.1 Å². The Morgan fingerprint density at radius 2 is 1.88 bits per heavy atom. The standard InChI is InChI=1S/C27H30N2O4/c1-5-13-29-24(21-15-28(4)22-12-7-6-11-20(21)22)23(26(31)27(29)32)25(30)18-9-8-10-19(14-18)33-16-17(2)3/h6-12,14-15,17,24,30H,5,13,16H2,1-4H3/b25-23+. The van der Waals surface area contributed by atoms with E-state index >= 15 is 0 Å². The molecule has 0 saturated carbocycles. The van der Waals surface area contributed by atoms with E-state index in [2.05, 4.69) is 13.8 Å². The van der Waals surface area contributed by atoms with Crippen LogP contribution in [0.25, 0.3) is 16.7 Å². The van der Waals surface area contributed by atoms with Crippen LogP contribution in [-0.2, 0) is 16.6 Å². The second-order valence-corrected chi connectivity index (χ2v) is 8.94. The molecule has 1 fully saturated rings. The van der Waals surface area contributed by atoms with Crippen LogP contribution in [0.1, 0.15) is 44.4 Å². The van der Waals surface area contributed by atoms with E-state index in [1.165, 1.54) is 0 Å². The summed E-state index contributed by atoms with van der Waals surface area (Å²) in [7, 11) is 1.94. The Hall–Kier alpha value is -3.54. The highest BCUT2D eigenvalue weighted by molar-refractivity contribution is 6.46. The molecule has 1 aromatic heterocycles. The molecule has 4 rings (SSSR count). The number of nitrogens with zero attached hydrogens (tertiary/aromatic N) is 2. The first kappa shape index (κ1) is 22.6. The van der Waals surface area contributed by atoms with Gasteiger partial charge in [-0.05, 0) is 30.5 Å². The maximum atomic E-state index is 13.2. The van der Waals surface area contributed by atoms with E-state index in [0.717, 1.165) is 16.5 Å². The molecule has 1 N–H and O–H groups in total. The number of aliphatic hydroxyl groups excluding tert-OH is 1. The number of ether oxygens (including phenoxy) is 1. The number of amides is 1. The lowest BCUT2D eigenvalue weighted by atomic mass is 9.95. The zero-order valence-electron chi connectivity index (χ0n) is 19.5. The van der Waals surface area contributed by atoms with Crippen molar-refractivity contribution in [3.8, 4) is 5.75 Å². The van der Waals surface area contributed by atoms with Gasteiger partial charge in [0.1, 0.15) is 11.5 Å². The first-order valence-corrected chi connectivity index (χ1v) is 11.4. The third kappa shape index (κ3) is 4.13. The first-order chi connectivity index (χ1) is 15.8. The van der Waals surface area contributed by atoms with Crippen LogP contribution in [0.3, 0.4) is 0 Å². The Morgan fingerprint density at radius 3 is 2.61 bits per heavy atom. The highest BCUT2D eigenvalue weighted by atomic mass is 16.5. The molecule has 6 nitrogen and oxygen atoms in total. The number of hydrogen-bond acceptors (Lipinski definition) is 4. The normalized spacial score (nSPS) is 18.0. The van der Waals surface area contributed by atoms with Crippen molar-refractivity contribution in [3.63, 3.8) is 0 Å². The fourth-order valence-corrected chi connectivity index (χ4v) is 4.42. The number of para-hydroxylation sites is 1. The summed E-state index contributed by atoms with van der Waals surface area (Å²) in [4.78, 5) is 27.8. The highest BCUT2D eigenvalue weighted by Gasteiger charge is 2.46. The van der Waals surface area contributed by atoms with Gasteiger partial charge in [-0.3, -0.25) is 9.59 Å². The number of Topliss-reactive ketones (excluding diaryl/α,β-unsaturated/α-hetero) is 1. The Balaban J connectivity index is 1.87. The number of aryl methyl sites for hydroxylation is 1. The van der Waals surface area contributed by atoms with E-state index in [-0.39, 0.29) is 11.3 Å². The zero-order valence-corrected chi connectivity index (χ0v) is 19.5. The van der Waals surface area contributed by atoms with Gasteiger partial charge in [-0.15, -0.1) is 0 Å². The number of carbonyl (C=O) groups is 2. The van der Waals surface area contributed by atoms with E-state index in [4.69, 9.17) is 4.74 Å². The summed E-state index contributed by atoms with van der Waals surface area (Å²) >= 11 is 0. The average molecular weight is 447 g/mol. The number of aromatic nitrogens is 1. The fraction of sp³-hybridized carbons (Fsp3) is 0.333. The van der Waals surface area contributed by atoms with Crippen molar-refractivity contribution in [2.45, 2.75) is 33.2 Å². The molecular formula is C27H30N2O4. The summed E-state index contributed by atoms with van der Waals surface area (Å²) in [5.41, 5.74) is 2.40. The molecule has 2 heterocycles. The van der Waals surface area contributed by atoms with Gasteiger partial charge in [0, 0.05) is 41.8 Å². The Kier molecular flexibility index (Phi) is 6.27. The second-order valence-electron chi connectivity index (χ2n) is 8.94. The lowest BCUT2D eigenvalue weighted by molar-refractivity contribution is -0.139. The Morgan fingerprint density at radius 1 is 1.12 bits per heavy atom. The van der Waals surface area contributed by atoms with Crippen molar-refractivity contribution >= 4 is 28.4 Å². The Bertz CT molecular complexity index is 1240. The third-order valence-electron chi connectivity index (χ3n) is 5.92. The van der Waals surface area contributed by atoms with E-state index in [1.807, 2.05) is 55.1 Å². The third-order valence-corrected chi connectivity index (χ3v) is 5.92. The molecule has 1 atom stereocenters. The van der Waals surface area contributed by atoms with Crippen molar-refractivity contribution in [2.75, 3.05) is 13.2 Å². The van der Waals surface area contributed by atoms with Crippen molar-refractivity contribution in [1.82, 2.24) is 9.47 Å². The Labute approximate surface area is 194 Å². The lowest BCUT2D eigenvalue weighted by Gasteiger charge is -2.24. The van der Waals surface area contributed by atoms with Crippen molar-refractivity contribution in [3.05, 3.63) is 71.4 Å². The van der Waals surface area contributed by atoms with Crippen LogP contribution in [0.5, 0.6) is 5.75 Å². The molecule has 1 aliphatic heterocycles. The molecule has 0 aliphatic carbocycles. The number of benzene rings is 2. The maximum absolute atomic E-state index is 13.2. The predicted molar refractivity (Wildman–Crippen MR) is 129 cm³/mol. The number of hydrogen-bond donors (Lipinski definition) is 1. The summed E-state index contributed by atoms with van der Waals surface area (Å²) in [5, 5.41) is 12.3. The SMILES string of the molecule is CCCN1C(=O)C(=O)/C(=C(/O)c2cccc(OCC(C)C)c2)C1c1cn(C)c2ccccc12. The molecule has 0 bridgehead atoms. The molecule has 6 heteroatoms. The minimum absolute atomic E-state index is 0.116. The monoisotopic (exact) mass is 446 g/mol. The van der Waals surface area contributed by atoms with Gasteiger partial charge in [-0.1, -0.05) is 51.1 Å². The molecular weight excluding hydrogens is 416 g/mol. The molecule has 1 amide bonds. The van der Waals surface area contributed by atoms with E-state index in [9.17, 15) is 14.7 Å². The number of rotatable bonds is 7. The maximum Gasteiger partial charge on any atom is 0.295 e. The van der Waals surface area contributed by atoms with Gasteiger partial charge in [0.25, 0.3) is 11.7 Å². The summed E-state index contributed by atoms with van der Waals surface area (Å²) in [6.45, 7) is 7.05. The smallest absolute Gasteiger partial charge is 0.295 e. The minimum atomic E-state index is -0.660. The van der Waals surface area contributed by atoms with Gasteiger partial charge in [0.15, 0.2) is 0 Å². The summed E-state index contributed by atoms with van der Waals surface area (Å²) < 4.78 is 7.78.